The molecule has 0 atom stereocenters. The Morgan fingerprint density at radius 3 is 1.87 bits per heavy atom. The predicted octanol–water partition coefficient (Wildman–Crippen LogP) is 8.23. The van der Waals surface area contributed by atoms with E-state index in [9.17, 15) is 0 Å². The van der Waals surface area contributed by atoms with Crippen molar-refractivity contribution in [2.24, 2.45) is 0 Å². The van der Waals surface area contributed by atoms with Gasteiger partial charge >= 0.3 is 0 Å². The number of para-hydroxylation sites is 1. The van der Waals surface area contributed by atoms with Crippen LogP contribution in [0.15, 0.2) is 66.7 Å². The van der Waals surface area contributed by atoms with E-state index in [2.05, 4.69) is 127 Å². The van der Waals surface area contributed by atoms with E-state index in [1.54, 1.807) is 0 Å². The van der Waals surface area contributed by atoms with Gasteiger partial charge in [-0.1, -0.05) is 83.1 Å². The average molecular weight is 398 g/mol. The Kier molecular flexibility index (Phi) is 4.65. The Balaban J connectivity index is 2.10. The third-order valence-corrected chi connectivity index (χ3v) is 6.40. The molecule has 30 heavy (non-hydrogen) atoms. The Morgan fingerprint density at radius 1 is 0.667 bits per heavy atom. The van der Waals surface area contributed by atoms with Crippen LogP contribution in [0.25, 0.3) is 11.1 Å². The van der Waals surface area contributed by atoms with E-state index in [0.29, 0.717) is 0 Å². The Morgan fingerprint density at radius 2 is 1.27 bits per heavy atom. The summed E-state index contributed by atoms with van der Waals surface area (Å²) in [7, 11) is 0. The summed E-state index contributed by atoms with van der Waals surface area (Å²) in [5.74, 6) is 0. The molecule has 0 radical (unpaired) electrons. The van der Waals surface area contributed by atoms with Gasteiger partial charge in [-0.15, -0.1) is 0 Å². The van der Waals surface area contributed by atoms with E-state index >= 15 is 0 Å². The number of fused-ring (bicyclic) bond motifs is 3. The van der Waals surface area contributed by atoms with Crippen LogP contribution in [-0.2, 0) is 10.8 Å². The van der Waals surface area contributed by atoms with Crippen molar-refractivity contribution in [2.45, 2.75) is 71.8 Å². The van der Waals surface area contributed by atoms with Crippen LogP contribution in [0.5, 0.6) is 0 Å². The van der Waals surface area contributed by atoms with Crippen LogP contribution in [-0.4, -0.2) is 5.54 Å². The smallest absolute Gasteiger partial charge is 0.0460 e. The SMILES string of the molecule is CC(C)(C)c1c(N(c2ccccc2)C(C)(C)C)ccc2c1-c1ccccc1C2(C)C. The summed E-state index contributed by atoms with van der Waals surface area (Å²) < 4.78 is 0. The van der Waals surface area contributed by atoms with Gasteiger partial charge in [0.25, 0.3) is 0 Å². The molecule has 3 aromatic rings. The van der Waals surface area contributed by atoms with Crippen molar-refractivity contribution >= 4 is 11.4 Å². The lowest BCUT2D eigenvalue weighted by molar-refractivity contribution is 0.543. The van der Waals surface area contributed by atoms with Gasteiger partial charge in [0.1, 0.15) is 0 Å². The maximum absolute atomic E-state index is 2.52. The number of hydrogen-bond acceptors (Lipinski definition) is 1. The quantitative estimate of drug-likeness (QED) is 0.421. The summed E-state index contributed by atoms with van der Waals surface area (Å²) >= 11 is 0. The normalized spacial score (nSPS) is 14.9. The third-order valence-electron chi connectivity index (χ3n) is 6.40. The molecule has 0 heterocycles. The van der Waals surface area contributed by atoms with Crippen LogP contribution >= 0.6 is 0 Å². The number of anilines is 2. The van der Waals surface area contributed by atoms with Crippen LogP contribution in [0.4, 0.5) is 11.4 Å². The molecule has 0 saturated heterocycles. The Labute approximate surface area is 182 Å². The molecule has 4 rings (SSSR count). The highest BCUT2D eigenvalue weighted by atomic mass is 15.2. The zero-order chi connectivity index (χ0) is 21.9. The zero-order valence-corrected chi connectivity index (χ0v) is 19.8. The van der Waals surface area contributed by atoms with Crippen LogP contribution in [0.3, 0.4) is 0 Å². The molecule has 0 aromatic heterocycles. The maximum atomic E-state index is 2.52. The minimum absolute atomic E-state index is 0.00644. The van der Waals surface area contributed by atoms with E-state index in [1.165, 1.54) is 39.2 Å². The largest absolute Gasteiger partial charge is 0.336 e. The van der Waals surface area contributed by atoms with Crippen LogP contribution in [0.2, 0.25) is 0 Å². The molecule has 3 aromatic carbocycles. The molecule has 0 N–H and O–H groups in total. The van der Waals surface area contributed by atoms with Gasteiger partial charge in [0.15, 0.2) is 0 Å². The number of rotatable bonds is 2. The van der Waals surface area contributed by atoms with Crippen LogP contribution in [0, 0.1) is 0 Å². The molecule has 156 valence electrons. The van der Waals surface area contributed by atoms with Gasteiger partial charge in [0.2, 0.25) is 0 Å². The van der Waals surface area contributed by atoms with Crippen LogP contribution < -0.4 is 4.90 Å². The minimum atomic E-state index is -0.0524. The molecule has 1 aliphatic carbocycles. The number of nitrogens with zero attached hydrogens (tertiary/aromatic N) is 1. The molecule has 1 nitrogen and oxygen atoms in total. The molecule has 0 bridgehead atoms. The molecule has 1 aliphatic rings. The van der Waals surface area contributed by atoms with E-state index in [0.717, 1.165) is 0 Å². The first-order valence-corrected chi connectivity index (χ1v) is 11.1. The first-order chi connectivity index (χ1) is 13.9. The standard InChI is InChI=1S/C29H35N/c1-27(2,3)26-24(30(28(4,5)6)20-14-10-9-11-15-20)19-18-23-25(26)21-16-12-13-17-22(21)29(23,7)8/h9-19H,1-8H3. The first-order valence-electron chi connectivity index (χ1n) is 11.1. The second-order valence-corrected chi connectivity index (χ2v) is 11.1. The summed E-state index contributed by atoms with van der Waals surface area (Å²) in [5.41, 5.74) is 9.67. The molecular formula is C29H35N. The number of hydrogen-bond donors (Lipinski definition) is 0. The van der Waals surface area contributed by atoms with Crippen molar-refractivity contribution in [2.75, 3.05) is 4.90 Å². The zero-order valence-electron chi connectivity index (χ0n) is 19.8. The van der Waals surface area contributed by atoms with Gasteiger partial charge in [-0.05, 0) is 72.2 Å². The molecule has 1 heteroatoms. The highest BCUT2D eigenvalue weighted by molar-refractivity contribution is 5.89. The van der Waals surface area contributed by atoms with Crippen molar-refractivity contribution in [1.29, 1.82) is 0 Å². The lowest BCUT2D eigenvalue weighted by Crippen LogP contribution is -2.39. The molecule has 0 fully saturated rings. The van der Waals surface area contributed by atoms with Crippen molar-refractivity contribution in [3.05, 3.63) is 83.4 Å². The molecular weight excluding hydrogens is 362 g/mol. The van der Waals surface area contributed by atoms with Crippen molar-refractivity contribution in [1.82, 2.24) is 0 Å². The minimum Gasteiger partial charge on any atom is -0.336 e. The van der Waals surface area contributed by atoms with Gasteiger partial charge < -0.3 is 4.90 Å². The lowest BCUT2D eigenvalue weighted by Gasteiger charge is -2.42. The van der Waals surface area contributed by atoms with E-state index in [4.69, 9.17) is 0 Å². The summed E-state index contributed by atoms with van der Waals surface area (Å²) in [4.78, 5) is 2.52. The van der Waals surface area contributed by atoms with E-state index in [-0.39, 0.29) is 16.4 Å². The number of benzene rings is 3. The van der Waals surface area contributed by atoms with Gasteiger partial charge in [-0.2, -0.15) is 0 Å². The van der Waals surface area contributed by atoms with Crippen molar-refractivity contribution < 1.29 is 0 Å². The lowest BCUT2D eigenvalue weighted by atomic mass is 9.77. The van der Waals surface area contributed by atoms with E-state index in [1.807, 2.05) is 0 Å². The molecule has 0 aliphatic heterocycles. The van der Waals surface area contributed by atoms with Crippen LogP contribution in [0.1, 0.15) is 72.1 Å². The second kappa shape index (κ2) is 6.74. The topological polar surface area (TPSA) is 3.24 Å². The molecule has 0 amide bonds. The summed E-state index contributed by atoms with van der Waals surface area (Å²) in [6.45, 7) is 18.7. The highest BCUT2D eigenvalue weighted by Crippen LogP contribution is 2.55. The van der Waals surface area contributed by atoms with E-state index < -0.39 is 0 Å². The fraction of sp³-hybridized carbons (Fsp3) is 0.379. The van der Waals surface area contributed by atoms with Crippen molar-refractivity contribution in [3.8, 4) is 11.1 Å². The first kappa shape index (κ1) is 20.7. The monoisotopic (exact) mass is 397 g/mol. The van der Waals surface area contributed by atoms with Gasteiger partial charge in [0.05, 0.1) is 0 Å². The fourth-order valence-electron chi connectivity index (χ4n) is 5.19. The third kappa shape index (κ3) is 3.16. The van der Waals surface area contributed by atoms with Crippen molar-refractivity contribution in [3.63, 3.8) is 0 Å². The van der Waals surface area contributed by atoms with Gasteiger partial charge in [-0.3, -0.25) is 0 Å². The summed E-state index contributed by atoms with van der Waals surface area (Å²) in [6.07, 6.45) is 0. The molecule has 0 saturated carbocycles. The highest BCUT2D eigenvalue weighted by Gasteiger charge is 2.40. The summed E-state index contributed by atoms with van der Waals surface area (Å²) in [6, 6.07) is 24.5. The fourth-order valence-corrected chi connectivity index (χ4v) is 5.19. The molecule has 0 unspecified atom stereocenters. The Bertz CT molecular complexity index is 1080. The Hall–Kier alpha value is -2.54. The predicted molar refractivity (Wildman–Crippen MR) is 131 cm³/mol. The second-order valence-electron chi connectivity index (χ2n) is 11.1. The summed E-state index contributed by atoms with van der Waals surface area (Å²) in [5, 5.41) is 0. The van der Waals surface area contributed by atoms with Gasteiger partial charge in [-0.25, -0.2) is 0 Å². The molecule has 0 spiro atoms. The maximum Gasteiger partial charge on any atom is 0.0460 e. The average Bonchev–Trinajstić information content (AvgIpc) is 2.88. The van der Waals surface area contributed by atoms with Gasteiger partial charge in [0, 0.05) is 22.3 Å².